The molecule has 1 spiro atoms. The van der Waals surface area contributed by atoms with E-state index in [9.17, 15) is 10.5 Å². The normalized spacial score (nSPS) is 30.6. The van der Waals surface area contributed by atoms with Crippen LogP contribution in [0.5, 0.6) is 0 Å². The summed E-state index contributed by atoms with van der Waals surface area (Å²) in [5.74, 6) is 0. The van der Waals surface area contributed by atoms with Crippen LogP contribution in [-0.4, -0.2) is 49.1 Å². The van der Waals surface area contributed by atoms with Crippen LogP contribution >= 0.6 is 0 Å². The Hall–Kier alpha value is -1.10. The first kappa shape index (κ1) is 17.3. The summed E-state index contributed by atoms with van der Waals surface area (Å²) in [4.78, 5) is 5.22. The second kappa shape index (κ2) is 6.57. The van der Waals surface area contributed by atoms with Crippen molar-refractivity contribution >= 4 is 0 Å². The molecular weight excluding hydrogens is 308 g/mol. The molecule has 0 atom stereocenters. The molecule has 0 aromatic carbocycles. The molecule has 4 aliphatic rings. The van der Waals surface area contributed by atoms with Gasteiger partial charge in [-0.05, 0) is 69.9 Å². The molecule has 25 heavy (non-hydrogen) atoms. The minimum absolute atomic E-state index is 0.0380. The SMILES string of the molecule is N#CC1(CN2CCCC3(CCCN(CC4(C#N)CCC4)C3)C2)CCC1. The largest absolute Gasteiger partial charge is 0.301 e. The van der Waals surface area contributed by atoms with Crippen LogP contribution in [0.15, 0.2) is 0 Å². The molecule has 0 N–H and O–H groups in total. The average molecular weight is 341 g/mol. The Kier molecular flexibility index (Phi) is 4.55. The molecule has 2 saturated heterocycles. The molecule has 2 aliphatic carbocycles. The summed E-state index contributed by atoms with van der Waals surface area (Å²) in [7, 11) is 0. The average Bonchev–Trinajstić information content (AvgIpc) is 2.55. The zero-order chi connectivity index (χ0) is 17.4. The maximum atomic E-state index is 9.58. The van der Waals surface area contributed by atoms with Gasteiger partial charge in [-0.3, -0.25) is 0 Å². The monoisotopic (exact) mass is 340 g/mol. The maximum Gasteiger partial charge on any atom is 0.0703 e. The highest BCUT2D eigenvalue weighted by Crippen LogP contribution is 2.46. The predicted octanol–water partition coefficient (Wildman–Crippen LogP) is 3.55. The van der Waals surface area contributed by atoms with Crippen molar-refractivity contribution in [2.75, 3.05) is 39.3 Å². The number of rotatable bonds is 4. The lowest BCUT2D eigenvalue weighted by atomic mass is 9.67. The van der Waals surface area contributed by atoms with Gasteiger partial charge in [0.15, 0.2) is 0 Å². The summed E-state index contributed by atoms with van der Waals surface area (Å²) in [6.45, 7) is 6.68. The van der Waals surface area contributed by atoms with Crippen LogP contribution in [-0.2, 0) is 0 Å². The van der Waals surface area contributed by atoms with Gasteiger partial charge < -0.3 is 9.80 Å². The van der Waals surface area contributed by atoms with Crippen molar-refractivity contribution in [3.05, 3.63) is 0 Å². The molecule has 0 amide bonds. The van der Waals surface area contributed by atoms with Gasteiger partial charge >= 0.3 is 0 Å². The number of piperidine rings is 2. The summed E-state index contributed by atoms with van der Waals surface area (Å²) in [5.41, 5.74) is 0.338. The van der Waals surface area contributed by atoms with Crippen LogP contribution < -0.4 is 0 Å². The standard InChI is InChI=1S/C21H32N4/c22-13-19(5-1-6-19)15-24-11-3-9-21(17-24)10-4-12-25(18-21)16-20(14-23)7-2-8-20/h1-12,15-18H2. The minimum atomic E-state index is -0.0380. The second-order valence-corrected chi connectivity index (χ2v) is 9.62. The van der Waals surface area contributed by atoms with Crippen LogP contribution in [0.25, 0.3) is 0 Å². The maximum absolute atomic E-state index is 9.58. The third-order valence-electron chi connectivity index (χ3n) is 7.63. The van der Waals surface area contributed by atoms with E-state index in [1.165, 1.54) is 64.7 Å². The van der Waals surface area contributed by atoms with Crippen molar-refractivity contribution < 1.29 is 0 Å². The van der Waals surface area contributed by atoms with Gasteiger partial charge in [0.05, 0.1) is 23.0 Å². The van der Waals surface area contributed by atoms with Gasteiger partial charge in [0.1, 0.15) is 0 Å². The topological polar surface area (TPSA) is 54.1 Å². The number of likely N-dealkylation sites (tertiary alicyclic amines) is 2. The lowest BCUT2D eigenvalue weighted by Crippen LogP contribution is -2.56. The molecule has 2 saturated carbocycles. The molecule has 4 heteroatoms. The zero-order valence-electron chi connectivity index (χ0n) is 15.6. The van der Waals surface area contributed by atoms with Gasteiger partial charge in [-0.1, -0.05) is 12.8 Å². The van der Waals surface area contributed by atoms with Crippen molar-refractivity contribution in [2.45, 2.75) is 64.2 Å². The molecule has 0 bridgehead atoms. The lowest BCUT2D eigenvalue weighted by molar-refractivity contribution is -0.0194. The highest BCUT2D eigenvalue weighted by atomic mass is 15.2. The number of nitriles is 2. The van der Waals surface area contributed by atoms with Gasteiger partial charge in [0, 0.05) is 26.2 Å². The third-order valence-corrected chi connectivity index (χ3v) is 7.63. The molecule has 2 heterocycles. The van der Waals surface area contributed by atoms with E-state index in [1.54, 1.807) is 0 Å². The van der Waals surface area contributed by atoms with E-state index in [0.717, 1.165) is 38.8 Å². The number of hydrogen-bond donors (Lipinski definition) is 0. The van der Waals surface area contributed by atoms with Crippen LogP contribution in [0.4, 0.5) is 0 Å². The van der Waals surface area contributed by atoms with Gasteiger partial charge in [-0.15, -0.1) is 0 Å². The molecule has 0 aromatic rings. The Morgan fingerprint density at radius 3 is 1.40 bits per heavy atom. The number of hydrogen-bond acceptors (Lipinski definition) is 4. The quantitative estimate of drug-likeness (QED) is 0.785. The summed E-state index contributed by atoms with van der Waals surface area (Å²) in [6.07, 6.45) is 12.1. The predicted molar refractivity (Wildman–Crippen MR) is 97.6 cm³/mol. The van der Waals surface area contributed by atoms with E-state index in [-0.39, 0.29) is 10.8 Å². The van der Waals surface area contributed by atoms with E-state index < -0.39 is 0 Å². The number of nitrogens with zero attached hydrogens (tertiary/aromatic N) is 4. The van der Waals surface area contributed by atoms with Crippen LogP contribution in [0.2, 0.25) is 0 Å². The Bertz CT molecular complexity index is 524. The smallest absolute Gasteiger partial charge is 0.0703 e. The van der Waals surface area contributed by atoms with Crippen LogP contribution in [0.3, 0.4) is 0 Å². The van der Waals surface area contributed by atoms with Crippen molar-refractivity contribution in [3.8, 4) is 12.1 Å². The summed E-state index contributed by atoms with van der Waals surface area (Å²) < 4.78 is 0. The van der Waals surface area contributed by atoms with Gasteiger partial charge in [0.2, 0.25) is 0 Å². The molecule has 0 unspecified atom stereocenters. The second-order valence-electron chi connectivity index (χ2n) is 9.62. The molecule has 4 rings (SSSR count). The van der Waals surface area contributed by atoms with Crippen molar-refractivity contribution in [1.82, 2.24) is 9.80 Å². The first-order chi connectivity index (χ1) is 12.1. The third kappa shape index (κ3) is 3.32. The molecule has 0 aromatic heterocycles. The van der Waals surface area contributed by atoms with Gasteiger partial charge in [0.25, 0.3) is 0 Å². The Morgan fingerprint density at radius 2 is 1.08 bits per heavy atom. The Morgan fingerprint density at radius 1 is 0.640 bits per heavy atom. The fourth-order valence-electron chi connectivity index (χ4n) is 5.90. The fourth-order valence-corrected chi connectivity index (χ4v) is 5.90. The van der Waals surface area contributed by atoms with Crippen molar-refractivity contribution in [1.29, 1.82) is 10.5 Å². The zero-order valence-corrected chi connectivity index (χ0v) is 15.6. The fraction of sp³-hybridized carbons (Fsp3) is 0.905. The Balaban J connectivity index is 1.38. The van der Waals surface area contributed by atoms with Crippen LogP contribution in [0.1, 0.15) is 64.2 Å². The van der Waals surface area contributed by atoms with Crippen LogP contribution in [0, 0.1) is 38.9 Å². The first-order valence-electron chi connectivity index (χ1n) is 10.4. The lowest BCUT2D eigenvalue weighted by Gasteiger charge is -2.52. The van der Waals surface area contributed by atoms with Gasteiger partial charge in [-0.25, -0.2) is 0 Å². The minimum Gasteiger partial charge on any atom is -0.301 e. The molecular formula is C21H32N4. The first-order valence-corrected chi connectivity index (χ1v) is 10.4. The molecule has 4 fully saturated rings. The highest BCUT2D eigenvalue weighted by Gasteiger charge is 2.46. The van der Waals surface area contributed by atoms with Gasteiger partial charge in [-0.2, -0.15) is 10.5 Å². The van der Waals surface area contributed by atoms with E-state index in [1.807, 2.05) is 0 Å². The summed E-state index contributed by atoms with van der Waals surface area (Å²) >= 11 is 0. The van der Waals surface area contributed by atoms with E-state index in [0.29, 0.717) is 5.41 Å². The molecule has 4 nitrogen and oxygen atoms in total. The van der Waals surface area contributed by atoms with E-state index in [4.69, 9.17) is 0 Å². The Labute approximate surface area is 152 Å². The van der Waals surface area contributed by atoms with E-state index in [2.05, 4.69) is 21.9 Å². The molecule has 136 valence electrons. The summed E-state index contributed by atoms with van der Waals surface area (Å²) in [6, 6.07) is 5.26. The molecule has 0 radical (unpaired) electrons. The van der Waals surface area contributed by atoms with Crippen molar-refractivity contribution in [3.63, 3.8) is 0 Å². The van der Waals surface area contributed by atoms with Crippen molar-refractivity contribution in [2.24, 2.45) is 16.2 Å². The highest BCUT2D eigenvalue weighted by molar-refractivity contribution is 5.09. The van der Waals surface area contributed by atoms with E-state index >= 15 is 0 Å². The summed E-state index contributed by atoms with van der Waals surface area (Å²) in [5, 5.41) is 19.2. The molecule has 2 aliphatic heterocycles.